The number of ketones is 1. The van der Waals surface area contributed by atoms with Crippen LogP contribution in [0.1, 0.15) is 28.9 Å². The van der Waals surface area contributed by atoms with Crippen LogP contribution < -0.4 is 20.5 Å². The molecule has 34 heavy (non-hydrogen) atoms. The first-order chi connectivity index (χ1) is 16.4. The molecule has 8 nitrogen and oxygen atoms in total. The molecule has 0 aliphatic carbocycles. The lowest BCUT2D eigenvalue weighted by Crippen LogP contribution is -2.37. The number of methoxy groups -OCH3 is 1. The number of benzene rings is 3. The minimum atomic E-state index is -0.743. The van der Waals surface area contributed by atoms with E-state index in [0.29, 0.717) is 17.1 Å². The maximum absolute atomic E-state index is 13.2. The Hall–Kier alpha value is -4.59. The summed E-state index contributed by atoms with van der Waals surface area (Å²) in [6.45, 7) is 1.60. The zero-order valence-corrected chi connectivity index (χ0v) is 18.6. The molecular weight excluding hydrogens is 434 g/mol. The Balaban J connectivity index is 1.75. The largest absolute Gasteiger partial charge is 0.507 e. The smallest absolute Gasteiger partial charge is 0.300 e. The molecule has 1 aliphatic heterocycles. The Labute approximate surface area is 196 Å². The molecule has 1 unspecified atom stereocenters. The number of carbonyl (C=O) groups excluding carboxylic acids is 3. The van der Waals surface area contributed by atoms with Gasteiger partial charge in [0.25, 0.3) is 17.6 Å². The first kappa shape index (κ1) is 22.6. The van der Waals surface area contributed by atoms with Gasteiger partial charge in [-0.25, -0.2) is 0 Å². The van der Waals surface area contributed by atoms with Crippen LogP contribution in [0.4, 0.5) is 5.69 Å². The standard InChI is InChI=1S/C26H23N3O5/c1-16(27-28-25(32)18-12-6-8-14-20(18)30)22-23(17-10-4-3-5-11-17)29(26(33)24(22)31)19-13-7-9-15-21(19)34-2/h3-15,23,27,30H,1-2H3,(H,28,32)/b22-16+. The first-order valence-electron chi connectivity index (χ1n) is 10.5. The number of phenolic OH excluding ortho intramolecular Hbond substituents is 1. The lowest BCUT2D eigenvalue weighted by molar-refractivity contribution is -0.132. The molecule has 0 radical (unpaired) electrons. The molecule has 0 saturated carbocycles. The number of ether oxygens (including phenoxy) is 1. The molecule has 8 heteroatoms. The molecule has 3 aromatic rings. The van der Waals surface area contributed by atoms with Crippen molar-refractivity contribution in [2.75, 3.05) is 12.0 Å². The van der Waals surface area contributed by atoms with E-state index in [1.165, 1.54) is 24.1 Å². The van der Waals surface area contributed by atoms with Gasteiger partial charge in [-0.2, -0.15) is 0 Å². The van der Waals surface area contributed by atoms with Crippen LogP contribution in [0.2, 0.25) is 0 Å². The number of hydrogen-bond acceptors (Lipinski definition) is 6. The van der Waals surface area contributed by atoms with E-state index in [2.05, 4.69) is 10.9 Å². The summed E-state index contributed by atoms with van der Waals surface area (Å²) >= 11 is 0. The van der Waals surface area contributed by atoms with Crippen LogP contribution in [0.5, 0.6) is 11.5 Å². The van der Waals surface area contributed by atoms with Crippen molar-refractivity contribution in [2.45, 2.75) is 13.0 Å². The van der Waals surface area contributed by atoms with E-state index in [0.717, 1.165) is 5.56 Å². The molecule has 1 saturated heterocycles. The number of Topliss-reactive ketones (excluding diaryl/α,β-unsaturated/α-hetero) is 1. The summed E-state index contributed by atoms with van der Waals surface area (Å²) in [5, 5.41) is 9.92. The Morgan fingerprint density at radius 1 is 0.912 bits per heavy atom. The number of carbonyl (C=O) groups is 3. The van der Waals surface area contributed by atoms with Gasteiger partial charge in [0.15, 0.2) is 0 Å². The number of rotatable bonds is 6. The number of hydrogen-bond donors (Lipinski definition) is 3. The van der Waals surface area contributed by atoms with E-state index in [4.69, 9.17) is 4.74 Å². The van der Waals surface area contributed by atoms with Gasteiger partial charge in [-0.05, 0) is 36.8 Å². The highest BCUT2D eigenvalue weighted by atomic mass is 16.5. The number of anilines is 1. The van der Waals surface area contributed by atoms with Gasteiger partial charge in [-0.15, -0.1) is 0 Å². The zero-order valence-electron chi connectivity index (χ0n) is 18.6. The highest BCUT2D eigenvalue weighted by Crippen LogP contribution is 2.43. The fourth-order valence-electron chi connectivity index (χ4n) is 3.95. The van der Waals surface area contributed by atoms with E-state index in [-0.39, 0.29) is 16.9 Å². The van der Waals surface area contributed by atoms with Crippen molar-refractivity contribution in [1.82, 2.24) is 10.9 Å². The first-order valence-corrected chi connectivity index (χ1v) is 10.5. The van der Waals surface area contributed by atoms with Crippen molar-refractivity contribution in [1.29, 1.82) is 0 Å². The van der Waals surface area contributed by atoms with Gasteiger partial charge in [0.05, 0.1) is 30.0 Å². The molecule has 3 aromatic carbocycles. The molecule has 4 rings (SSSR count). The Morgan fingerprint density at radius 2 is 1.56 bits per heavy atom. The molecule has 0 aromatic heterocycles. The minimum absolute atomic E-state index is 0.0666. The summed E-state index contributed by atoms with van der Waals surface area (Å²) in [6, 6.07) is 21.5. The second-order valence-electron chi connectivity index (χ2n) is 7.62. The van der Waals surface area contributed by atoms with Crippen LogP contribution >= 0.6 is 0 Å². The van der Waals surface area contributed by atoms with Gasteiger partial charge in [-0.3, -0.25) is 24.7 Å². The molecule has 1 aliphatic rings. The predicted molar refractivity (Wildman–Crippen MR) is 126 cm³/mol. The van der Waals surface area contributed by atoms with E-state index < -0.39 is 23.6 Å². The second kappa shape index (κ2) is 9.50. The van der Waals surface area contributed by atoms with E-state index >= 15 is 0 Å². The van der Waals surface area contributed by atoms with Crippen molar-refractivity contribution in [3.63, 3.8) is 0 Å². The number of hydrazine groups is 1. The zero-order chi connectivity index (χ0) is 24.2. The Morgan fingerprint density at radius 3 is 2.26 bits per heavy atom. The van der Waals surface area contributed by atoms with Crippen LogP contribution in [-0.4, -0.2) is 29.8 Å². The monoisotopic (exact) mass is 457 g/mol. The summed E-state index contributed by atoms with van der Waals surface area (Å²) in [5.41, 5.74) is 6.96. The third-order valence-corrected chi connectivity index (χ3v) is 5.57. The SMILES string of the molecule is COc1ccccc1N1C(=O)C(=O)/C(=C(\C)NNC(=O)c2ccccc2O)C1c1ccccc1. The molecule has 2 amide bonds. The third-order valence-electron chi connectivity index (χ3n) is 5.57. The number of para-hydroxylation sites is 3. The number of phenols is 1. The molecule has 172 valence electrons. The summed E-state index contributed by atoms with van der Waals surface area (Å²) in [7, 11) is 1.50. The van der Waals surface area contributed by atoms with Gasteiger partial charge >= 0.3 is 0 Å². The summed E-state index contributed by atoms with van der Waals surface area (Å²) < 4.78 is 5.44. The molecule has 1 atom stereocenters. The maximum atomic E-state index is 13.2. The van der Waals surface area contributed by atoms with Crippen LogP contribution in [-0.2, 0) is 9.59 Å². The van der Waals surface area contributed by atoms with Crippen molar-refractivity contribution in [2.24, 2.45) is 0 Å². The number of allylic oxidation sites excluding steroid dienone is 1. The van der Waals surface area contributed by atoms with Crippen LogP contribution in [0.3, 0.4) is 0 Å². The lowest BCUT2D eigenvalue weighted by Gasteiger charge is -2.27. The highest BCUT2D eigenvalue weighted by Gasteiger charge is 2.46. The fraction of sp³-hybridized carbons (Fsp3) is 0.115. The summed E-state index contributed by atoms with van der Waals surface area (Å²) in [4.78, 5) is 40.3. The average Bonchev–Trinajstić information content (AvgIpc) is 3.13. The molecule has 1 fully saturated rings. The van der Waals surface area contributed by atoms with Gasteiger partial charge in [0.2, 0.25) is 0 Å². The van der Waals surface area contributed by atoms with Crippen LogP contribution in [0, 0.1) is 0 Å². The number of amides is 2. The Kier molecular flexibility index (Phi) is 6.31. The van der Waals surface area contributed by atoms with Crippen molar-refractivity contribution in [3.05, 3.63) is 101 Å². The van der Waals surface area contributed by atoms with Crippen LogP contribution in [0.25, 0.3) is 0 Å². The van der Waals surface area contributed by atoms with E-state index in [1.54, 1.807) is 43.3 Å². The van der Waals surface area contributed by atoms with Crippen molar-refractivity contribution >= 4 is 23.3 Å². The molecule has 3 N–H and O–H groups in total. The lowest BCUT2D eigenvalue weighted by atomic mass is 9.97. The highest BCUT2D eigenvalue weighted by molar-refractivity contribution is 6.51. The topological polar surface area (TPSA) is 108 Å². The normalized spacial score (nSPS) is 16.9. The van der Waals surface area contributed by atoms with Gasteiger partial charge < -0.3 is 15.3 Å². The predicted octanol–water partition coefficient (Wildman–Crippen LogP) is 3.27. The van der Waals surface area contributed by atoms with Gasteiger partial charge in [0.1, 0.15) is 11.5 Å². The van der Waals surface area contributed by atoms with Gasteiger partial charge in [0, 0.05) is 5.70 Å². The summed E-state index contributed by atoms with van der Waals surface area (Å²) in [5.74, 6) is -1.72. The van der Waals surface area contributed by atoms with Gasteiger partial charge in [-0.1, -0.05) is 54.6 Å². The number of aromatic hydroxyl groups is 1. The molecular formula is C26H23N3O5. The Bertz CT molecular complexity index is 1290. The van der Waals surface area contributed by atoms with Crippen molar-refractivity contribution in [3.8, 4) is 11.5 Å². The number of nitrogens with one attached hydrogen (secondary N) is 2. The van der Waals surface area contributed by atoms with Crippen molar-refractivity contribution < 1.29 is 24.2 Å². The third kappa shape index (κ3) is 4.09. The number of nitrogens with zero attached hydrogens (tertiary/aromatic N) is 1. The quantitative estimate of drug-likeness (QED) is 0.298. The maximum Gasteiger partial charge on any atom is 0.300 e. The molecule has 0 bridgehead atoms. The minimum Gasteiger partial charge on any atom is -0.507 e. The van der Waals surface area contributed by atoms with E-state index in [1.807, 2.05) is 30.3 Å². The fourth-order valence-corrected chi connectivity index (χ4v) is 3.95. The molecule has 0 spiro atoms. The summed E-state index contributed by atoms with van der Waals surface area (Å²) in [6.07, 6.45) is 0. The molecule has 1 heterocycles. The second-order valence-corrected chi connectivity index (χ2v) is 7.62. The van der Waals surface area contributed by atoms with E-state index in [9.17, 15) is 19.5 Å². The van der Waals surface area contributed by atoms with Crippen LogP contribution in [0.15, 0.2) is 90.1 Å². The average molecular weight is 457 g/mol.